The summed E-state index contributed by atoms with van der Waals surface area (Å²) in [6.45, 7) is 8.41. The van der Waals surface area contributed by atoms with Gasteiger partial charge in [-0.15, -0.1) is 0 Å². The van der Waals surface area contributed by atoms with Crippen LogP contribution >= 0.6 is 0 Å². The third-order valence-corrected chi connectivity index (χ3v) is 7.28. The zero-order chi connectivity index (χ0) is 16.9. The summed E-state index contributed by atoms with van der Waals surface area (Å²) in [5, 5.41) is 4.41. The molecule has 0 bridgehead atoms. The van der Waals surface area contributed by atoms with Crippen molar-refractivity contribution < 1.29 is 32.7 Å². The van der Waals surface area contributed by atoms with E-state index in [0.29, 0.717) is 6.04 Å². The van der Waals surface area contributed by atoms with Crippen LogP contribution in [0.2, 0.25) is 0 Å². The quantitative estimate of drug-likeness (QED) is 0.338. The molecule has 1 radical (unpaired) electrons. The molecule has 3 fully saturated rings. The summed E-state index contributed by atoms with van der Waals surface area (Å²) >= 11 is 0. The van der Waals surface area contributed by atoms with Gasteiger partial charge in [0.15, 0.2) is 0 Å². The van der Waals surface area contributed by atoms with Gasteiger partial charge in [-0.05, 0) is 88.9 Å². The number of nitrogens with zero attached hydrogens (tertiary/aromatic N) is 1. The molecule has 25 heavy (non-hydrogen) atoms. The fourth-order valence-corrected chi connectivity index (χ4v) is 5.69. The van der Waals surface area contributed by atoms with Crippen molar-refractivity contribution in [2.24, 2.45) is 34.7 Å². The number of hydrogen-bond donors (Lipinski definition) is 1. The molecule has 0 heterocycles. The monoisotopic (exact) mass is 420 g/mol. The Morgan fingerprint density at radius 1 is 0.680 bits per heavy atom. The van der Waals surface area contributed by atoms with Crippen molar-refractivity contribution in [3.8, 4) is 0 Å². The molecular weight excluding hydrogens is 381 g/mol. The Morgan fingerprint density at radius 3 is 1.44 bits per heavy atom. The van der Waals surface area contributed by atoms with Crippen molar-refractivity contribution in [3.05, 3.63) is 6.92 Å². The molecule has 0 atom stereocenters. The average molecular weight is 420 g/mol. The summed E-state index contributed by atoms with van der Waals surface area (Å²) in [5.41, 5.74) is 4.52. The van der Waals surface area contributed by atoms with Crippen molar-refractivity contribution in [2.75, 3.05) is 0 Å². The molecule has 3 heteroatoms. The minimum absolute atomic E-state index is 0. The summed E-state index contributed by atoms with van der Waals surface area (Å²) in [6, 6.07) is 0.630. The van der Waals surface area contributed by atoms with E-state index in [9.17, 15) is 0 Å². The van der Waals surface area contributed by atoms with Gasteiger partial charge in [-0.3, -0.25) is 0 Å². The van der Waals surface area contributed by atoms with E-state index in [4.69, 9.17) is 0 Å². The zero-order valence-corrected chi connectivity index (χ0v) is 19.5. The Balaban J connectivity index is 0.00000225. The molecule has 0 unspecified atom stereocenters. The SMILES string of the molecule is [CH2-]C1CCC(C2CCC(C3CCC(NN=C(C)C)CC3)CC2)CC1.[Y]. The van der Waals surface area contributed by atoms with Crippen molar-refractivity contribution in [3.63, 3.8) is 0 Å². The average Bonchev–Trinajstić information content (AvgIpc) is 2.61. The van der Waals surface area contributed by atoms with E-state index in [2.05, 4.69) is 31.3 Å². The molecule has 0 spiro atoms. The maximum atomic E-state index is 4.41. The van der Waals surface area contributed by atoms with Gasteiger partial charge >= 0.3 is 0 Å². The van der Waals surface area contributed by atoms with E-state index < -0.39 is 0 Å². The van der Waals surface area contributed by atoms with Gasteiger partial charge in [-0.2, -0.15) is 11.0 Å². The first-order valence-corrected chi connectivity index (χ1v) is 10.7. The number of hydrazone groups is 1. The van der Waals surface area contributed by atoms with Gasteiger partial charge in [0, 0.05) is 44.5 Å². The molecule has 1 N–H and O–H groups in total. The van der Waals surface area contributed by atoms with Crippen LogP contribution in [0.1, 0.15) is 90.9 Å². The van der Waals surface area contributed by atoms with E-state index in [1.54, 1.807) is 0 Å². The smallest absolute Gasteiger partial charge is 0.0440 e. The minimum atomic E-state index is 0. The minimum Gasteiger partial charge on any atom is -0.340 e. The Hall–Kier alpha value is 0.574. The Bertz CT molecular complexity index is 394. The van der Waals surface area contributed by atoms with Gasteiger partial charge in [0.2, 0.25) is 0 Å². The topological polar surface area (TPSA) is 24.4 Å². The van der Waals surface area contributed by atoms with Gasteiger partial charge in [0.1, 0.15) is 0 Å². The third-order valence-electron chi connectivity index (χ3n) is 7.28. The van der Waals surface area contributed by atoms with E-state index >= 15 is 0 Å². The second kappa shape index (κ2) is 10.8. The van der Waals surface area contributed by atoms with E-state index in [1.165, 1.54) is 77.0 Å². The Morgan fingerprint density at radius 2 is 1.04 bits per heavy atom. The number of hydrogen-bond acceptors (Lipinski definition) is 2. The maximum Gasteiger partial charge on any atom is 0.0440 e. The van der Waals surface area contributed by atoms with Crippen LogP contribution in [0.25, 0.3) is 0 Å². The normalized spacial score (nSPS) is 39.2. The second-order valence-electron chi connectivity index (χ2n) is 9.26. The largest absolute Gasteiger partial charge is 0.340 e. The van der Waals surface area contributed by atoms with Crippen LogP contribution in [0.15, 0.2) is 5.10 Å². The van der Waals surface area contributed by atoms with Crippen LogP contribution in [0, 0.1) is 36.5 Å². The molecule has 0 aromatic rings. The molecule has 141 valence electrons. The number of rotatable bonds is 4. The first-order chi connectivity index (χ1) is 11.6. The summed E-state index contributed by atoms with van der Waals surface area (Å²) in [5.74, 6) is 4.88. The number of nitrogens with one attached hydrogen (secondary N) is 1. The maximum absolute atomic E-state index is 4.41. The first-order valence-electron chi connectivity index (χ1n) is 10.7. The molecule has 0 aliphatic heterocycles. The predicted octanol–water partition coefficient (Wildman–Crippen LogP) is 5.97. The van der Waals surface area contributed by atoms with Crippen LogP contribution in [-0.2, 0) is 32.7 Å². The van der Waals surface area contributed by atoms with Crippen LogP contribution in [0.4, 0.5) is 0 Å². The molecule has 0 aromatic carbocycles. The third kappa shape index (κ3) is 6.60. The van der Waals surface area contributed by atoms with E-state index in [1.807, 2.05) is 0 Å². The summed E-state index contributed by atoms with van der Waals surface area (Å²) in [6.07, 6.45) is 17.3. The van der Waals surface area contributed by atoms with Crippen molar-refractivity contribution in [1.29, 1.82) is 0 Å². The molecule has 0 amide bonds. The summed E-state index contributed by atoms with van der Waals surface area (Å²) in [7, 11) is 0. The predicted molar refractivity (Wildman–Crippen MR) is 104 cm³/mol. The van der Waals surface area contributed by atoms with Crippen molar-refractivity contribution in [2.45, 2.75) is 96.9 Å². The van der Waals surface area contributed by atoms with E-state index in [-0.39, 0.29) is 32.7 Å². The molecule has 2 nitrogen and oxygen atoms in total. The molecule has 3 rings (SSSR count). The fourth-order valence-electron chi connectivity index (χ4n) is 5.69. The van der Waals surface area contributed by atoms with Gasteiger partial charge < -0.3 is 12.3 Å². The van der Waals surface area contributed by atoms with Crippen LogP contribution in [-0.4, -0.2) is 11.8 Å². The fraction of sp³-hybridized carbons (Fsp3) is 0.909. The molecule has 0 saturated heterocycles. The molecule has 3 aliphatic rings. The van der Waals surface area contributed by atoms with Crippen molar-refractivity contribution in [1.82, 2.24) is 5.43 Å². The van der Waals surface area contributed by atoms with Gasteiger partial charge in [-0.1, -0.05) is 25.7 Å². The molecular formula is C22H39N2Y-. The van der Waals surface area contributed by atoms with Gasteiger partial charge in [0.05, 0.1) is 0 Å². The molecule has 3 saturated carbocycles. The van der Waals surface area contributed by atoms with Crippen molar-refractivity contribution >= 4 is 5.71 Å². The molecule has 3 aliphatic carbocycles. The standard InChI is InChI=1S/C22H39N2.Y/c1-16(2)23-24-22-14-12-21(13-15-22)20-10-8-19(9-11-20)18-6-4-17(3)5-7-18;/h17-22,24H,3-15H2,1-2H3;/q-1;. The van der Waals surface area contributed by atoms with Gasteiger partial charge in [-0.25, -0.2) is 0 Å². The van der Waals surface area contributed by atoms with E-state index in [0.717, 1.165) is 35.3 Å². The zero-order valence-electron chi connectivity index (χ0n) is 16.7. The first kappa shape index (κ1) is 21.9. The Labute approximate surface area is 181 Å². The van der Waals surface area contributed by atoms with Crippen LogP contribution in [0.5, 0.6) is 0 Å². The van der Waals surface area contributed by atoms with Crippen LogP contribution < -0.4 is 5.43 Å². The molecule has 0 aromatic heterocycles. The van der Waals surface area contributed by atoms with Gasteiger partial charge in [0.25, 0.3) is 0 Å². The summed E-state index contributed by atoms with van der Waals surface area (Å²) in [4.78, 5) is 0. The Kier molecular flexibility index (Phi) is 9.44. The second-order valence-corrected chi connectivity index (χ2v) is 9.26. The van der Waals surface area contributed by atoms with Crippen LogP contribution in [0.3, 0.4) is 0 Å². The summed E-state index contributed by atoms with van der Waals surface area (Å²) < 4.78 is 0.